The molecule has 0 atom stereocenters. The van der Waals surface area contributed by atoms with Crippen molar-refractivity contribution >= 4 is 56.4 Å². The molecule has 9 heteroatoms. The summed E-state index contributed by atoms with van der Waals surface area (Å²) >= 11 is 18.0. The number of hydrogen-bond donors (Lipinski definition) is 1. The van der Waals surface area contributed by atoms with E-state index >= 15 is 0 Å². The summed E-state index contributed by atoms with van der Waals surface area (Å²) in [6, 6.07) is 17.9. The molecule has 31 heavy (non-hydrogen) atoms. The van der Waals surface area contributed by atoms with Crippen molar-refractivity contribution in [3.05, 3.63) is 92.9 Å². The summed E-state index contributed by atoms with van der Waals surface area (Å²) in [5, 5.41) is 3.79. The van der Waals surface area contributed by atoms with Crippen molar-refractivity contribution in [2.24, 2.45) is 0 Å². The zero-order valence-corrected chi connectivity index (χ0v) is 19.6. The van der Waals surface area contributed by atoms with Gasteiger partial charge in [0.15, 0.2) is 0 Å². The number of anilines is 1. The molecule has 5 nitrogen and oxygen atoms in total. The summed E-state index contributed by atoms with van der Waals surface area (Å²) < 4.78 is 27.7. The van der Waals surface area contributed by atoms with E-state index in [2.05, 4.69) is 5.32 Å². The molecule has 1 amide bonds. The fourth-order valence-corrected chi connectivity index (χ4v) is 4.75. The van der Waals surface area contributed by atoms with Crippen molar-refractivity contribution in [3.8, 4) is 0 Å². The van der Waals surface area contributed by atoms with Crippen LogP contribution in [-0.4, -0.2) is 25.2 Å². The highest BCUT2D eigenvalue weighted by atomic mass is 35.5. The molecule has 0 saturated heterocycles. The fraction of sp³-hybridized carbons (Fsp3) is 0.136. The largest absolute Gasteiger partial charge is 0.325 e. The van der Waals surface area contributed by atoms with Crippen LogP contribution in [0.1, 0.15) is 11.1 Å². The Morgan fingerprint density at radius 2 is 1.65 bits per heavy atom. The monoisotopic (exact) mass is 496 g/mol. The minimum atomic E-state index is -3.96. The Morgan fingerprint density at radius 1 is 0.935 bits per heavy atom. The summed E-state index contributed by atoms with van der Waals surface area (Å²) in [5.74, 6) is -0.502. The number of nitrogens with one attached hydrogen (secondary N) is 1. The summed E-state index contributed by atoms with van der Waals surface area (Å²) in [6.45, 7) is 1.40. The minimum absolute atomic E-state index is 0.0595. The van der Waals surface area contributed by atoms with Crippen LogP contribution in [0, 0.1) is 6.92 Å². The lowest BCUT2D eigenvalue weighted by molar-refractivity contribution is -0.116. The van der Waals surface area contributed by atoms with Gasteiger partial charge in [0.25, 0.3) is 0 Å². The number of carbonyl (C=O) groups excluding carboxylic acids is 1. The summed E-state index contributed by atoms with van der Waals surface area (Å²) in [6.07, 6.45) is 0. The molecule has 0 saturated carbocycles. The first-order valence-electron chi connectivity index (χ1n) is 9.21. The van der Waals surface area contributed by atoms with Gasteiger partial charge in [-0.05, 0) is 55.0 Å². The minimum Gasteiger partial charge on any atom is -0.325 e. The Kier molecular flexibility index (Phi) is 7.62. The Balaban J connectivity index is 1.90. The van der Waals surface area contributed by atoms with Crippen molar-refractivity contribution in [3.63, 3.8) is 0 Å². The highest BCUT2D eigenvalue weighted by molar-refractivity contribution is 7.89. The second-order valence-electron chi connectivity index (χ2n) is 6.89. The standard InChI is InChI=1S/C22H19Cl3N2O3S/c1-15-5-8-19(9-6-15)31(29,30)27(13-16-7-10-20(24)21(25)11-16)14-22(28)26-18-4-2-3-17(23)12-18/h2-12H,13-14H2,1H3,(H,26,28). The maximum Gasteiger partial charge on any atom is 0.243 e. The number of hydrogen-bond acceptors (Lipinski definition) is 3. The number of benzene rings is 3. The molecule has 0 aliphatic carbocycles. The van der Waals surface area contributed by atoms with Crippen molar-refractivity contribution in [2.45, 2.75) is 18.4 Å². The van der Waals surface area contributed by atoms with Crippen molar-refractivity contribution in [1.82, 2.24) is 4.31 Å². The van der Waals surface area contributed by atoms with Crippen LogP contribution < -0.4 is 5.32 Å². The molecule has 3 rings (SSSR count). The van der Waals surface area contributed by atoms with Gasteiger partial charge >= 0.3 is 0 Å². The summed E-state index contributed by atoms with van der Waals surface area (Å²) in [4.78, 5) is 12.8. The number of sulfonamides is 1. The molecule has 0 heterocycles. The van der Waals surface area contributed by atoms with Gasteiger partial charge in [0.1, 0.15) is 0 Å². The van der Waals surface area contributed by atoms with E-state index in [1.807, 2.05) is 6.92 Å². The van der Waals surface area contributed by atoms with E-state index in [1.54, 1.807) is 54.6 Å². The van der Waals surface area contributed by atoms with Crippen LogP contribution in [-0.2, 0) is 21.4 Å². The molecule has 0 bridgehead atoms. The van der Waals surface area contributed by atoms with E-state index in [4.69, 9.17) is 34.8 Å². The van der Waals surface area contributed by atoms with E-state index < -0.39 is 22.5 Å². The van der Waals surface area contributed by atoms with Crippen molar-refractivity contribution < 1.29 is 13.2 Å². The lowest BCUT2D eigenvalue weighted by Crippen LogP contribution is -2.37. The number of nitrogens with zero attached hydrogens (tertiary/aromatic N) is 1. The zero-order valence-electron chi connectivity index (χ0n) is 16.5. The van der Waals surface area contributed by atoms with Crippen LogP contribution in [0.3, 0.4) is 0 Å². The van der Waals surface area contributed by atoms with Crippen LogP contribution >= 0.6 is 34.8 Å². The SMILES string of the molecule is Cc1ccc(S(=O)(=O)N(CC(=O)Nc2cccc(Cl)c2)Cc2ccc(Cl)c(Cl)c2)cc1. The maximum absolute atomic E-state index is 13.3. The molecule has 3 aromatic rings. The first-order chi connectivity index (χ1) is 14.6. The molecular weight excluding hydrogens is 479 g/mol. The van der Waals surface area contributed by atoms with Crippen LogP contribution in [0.4, 0.5) is 5.69 Å². The molecule has 0 fully saturated rings. The van der Waals surface area contributed by atoms with Gasteiger partial charge in [0.05, 0.1) is 21.5 Å². The molecule has 162 valence electrons. The second-order valence-corrected chi connectivity index (χ2v) is 10.1. The normalized spacial score (nSPS) is 11.5. The van der Waals surface area contributed by atoms with E-state index in [0.717, 1.165) is 9.87 Å². The Labute approximate surface area is 196 Å². The van der Waals surface area contributed by atoms with Crippen LogP contribution in [0.2, 0.25) is 15.1 Å². The first kappa shape index (κ1) is 23.6. The van der Waals surface area contributed by atoms with E-state index in [1.165, 1.54) is 12.1 Å². The number of aryl methyl sites for hydroxylation is 1. The second kappa shape index (κ2) is 10.0. The molecule has 0 aliphatic heterocycles. The predicted molar refractivity (Wildman–Crippen MR) is 125 cm³/mol. The average molecular weight is 498 g/mol. The fourth-order valence-electron chi connectivity index (χ4n) is 2.85. The van der Waals surface area contributed by atoms with Crippen LogP contribution in [0.15, 0.2) is 71.6 Å². The van der Waals surface area contributed by atoms with Gasteiger partial charge in [0, 0.05) is 17.3 Å². The van der Waals surface area contributed by atoms with Gasteiger partial charge in [-0.2, -0.15) is 4.31 Å². The third-order valence-corrected chi connectivity index (χ3v) is 7.21. The third kappa shape index (κ3) is 6.21. The Hall–Kier alpha value is -2.09. The quantitative estimate of drug-likeness (QED) is 0.449. The topological polar surface area (TPSA) is 66.5 Å². The van der Waals surface area contributed by atoms with Crippen molar-refractivity contribution in [1.29, 1.82) is 0 Å². The molecule has 3 aromatic carbocycles. The van der Waals surface area contributed by atoms with Gasteiger partial charge in [0.2, 0.25) is 15.9 Å². The average Bonchev–Trinajstić information content (AvgIpc) is 2.70. The lowest BCUT2D eigenvalue weighted by atomic mass is 10.2. The highest BCUT2D eigenvalue weighted by Crippen LogP contribution is 2.25. The van der Waals surface area contributed by atoms with Gasteiger partial charge < -0.3 is 5.32 Å². The smallest absolute Gasteiger partial charge is 0.243 e. The van der Waals surface area contributed by atoms with Crippen molar-refractivity contribution in [2.75, 3.05) is 11.9 Å². The number of amides is 1. The lowest BCUT2D eigenvalue weighted by Gasteiger charge is -2.22. The first-order valence-corrected chi connectivity index (χ1v) is 11.8. The van der Waals surface area contributed by atoms with E-state index in [0.29, 0.717) is 26.3 Å². The third-order valence-electron chi connectivity index (χ3n) is 4.43. The molecular formula is C22H19Cl3N2O3S. The van der Waals surface area contributed by atoms with Gasteiger partial charge in [-0.25, -0.2) is 8.42 Å². The highest BCUT2D eigenvalue weighted by Gasteiger charge is 2.27. The molecule has 1 N–H and O–H groups in total. The van der Waals surface area contributed by atoms with E-state index in [9.17, 15) is 13.2 Å². The molecule has 0 radical (unpaired) electrons. The number of rotatable bonds is 7. The maximum atomic E-state index is 13.3. The van der Waals surface area contributed by atoms with Gasteiger partial charge in [-0.3, -0.25) is 4.79 Å². The number of halogens is 3. The summed E-state index contributed by atoms with van der Waals surface area (Å²) in [5.41, 5.74) is 1.99. The molecule has 0 spiro atoms. The Bertz CT molecular complexity index is 1200. The van der Waals surface area contributed by atoms with Crippen LogP contribution in [0.5, 0.6) is 0 Å². The van der Waals surface area contributed by atoms with E-state index in [-0.39, 0.29) is 11.4 Å². The molecule has 0 aromatic heterocycles. The summed E-state index contributed by atoms with van der Waals surface area (Å²) in [7, 11) is -3.96. The van der Waals surface area contributed by atoms with Gasteiger partial charge in [-0.15, -0.1) is 0 Å². The predicted octanol–water partition coefficient (Wildman–Crippen LogP) is 5.78. The van der Waals surface area contributed by atoms with Gasteiger partial charge in [-0.1, -0.05) is 64.6 Å². The molecule has 0 aliphatic rings. The number of carbonyl (C=O) groups is 1. The van der Waals surface area contributed by atoms with Crippen LogP contribution in [0.25, 0.3) is 0 Å². The molecule has 0 unspecified atom stereocenters. The Morgan fingerprint density at radius 3 is 2.29 bits per heavy atom. The zero-order chi connectivity index (χ0) is 22.6.